The molecule has 3 fully saturated rings. The lowest BCUT2D eigenvalue weighted by molar-refractivity contribution is -0.0429. The number of fused-ring (bicyclic) bond motifs is 3. The van der Waals surface area contributed by atoms with Gasteiger partial charge in [-0.1, -0.05) is 47.5 Å². The molecule has 0 aliphatic carbocycles. The third kappa shape index (κ3) is 6.82. The first-order chi connectivity index (χ1) is 24.2. The number of nitrogens with zero attached hydrogens (tertiary/aromatic N) is 4. The Morgan fingerprint density at radius 2 is 1.61 bits per heavy atom. The van der Waals surface area contributed by atoms with E-state index in [9.17, 15) is 30.8 Å². The number of carbonyl (C=O) groups excluding carboxylic acids is 1. The number of carbonyl (C=O) groups is 1. The molecule has 1 aromatic heterocycles. The van der Waals surface area contributed by atoms with Crippen LogP contribution >= 0.6 is 23.2 Å². The highest BCUT2D eigenvalue weighted by molar-refractivity contribution is 7.93. The van der Waals surface area contributed by atoms with Crippen LogP contribution in [0.4, 0.5) is 23.2 Å². The van der Waals surface area contributed by atoms with E-state index in [4.69, 9.17) is 28.2 Å². The number of alkyl halides is 3. The summed E-state index contributed by atoms with van der Waals surface area (Å²) in [5.41, 5.74) is -3.54. The van der Waals surface area contributed by atoms with Gasteiger partial charge in [0.2, 0.25) is 0 Å². The number of aryl methyl sites for hydroxylation is 1. The second kappa shape index (κ2) is 13.5. The number of hydrogen-bond acceptors (Lipinski definition) is 5. The number of piperidine rings is 2. The van der Waals surface area contributed by atoms with Crippen molar-refractivity contribution in [1.29, 1.82) is 0 Å². The lowest BCUT2D eigenvalue weighted by atomic mass is 9.70. The van der Waals surface area contributed by atoms with E-state index >= 15 is 0 Å². The van der Waals surface area contributed by atoms with Crippen molar-refractivity contribution in [3.8, 4) is 0 Å². The first-order valence-corrected chi connectivity index (χ1v) is 19.2. The molecule has 272 valence electrons. The molecule has 1 N–H and O–H groups in total. The van der Waals surface area contributed by atoms with Crippen molar-refractivity contribution in [1.82, 2.24) is 19.4 Å². The summed E-state index contributed by atoms with van der Waals surface area (Å²) in [7, 11) is -5.78. The fourth-order valence-corrected chi connectivity index (χ4v) is 9.90. The average Bonchev–Trinajstić information content (AvgIpc) is 3.54. The van der Waals surface area contributed by atoms with Crippen molar-refractivity contribution in [2.75, 3.05) is 24.4 Å². The third-order valence-corrected chi connectivity index (χ3v) is 12.8. The normalized spacial score (nSPS) is 22.4. The molecule has 3 aromatic carbocycles. The number of anilines is 1. The van der Waals surface area contributed by atoms with Crippen LogP contribution < -0.4 is 4.72 Å². The highest BCUT2D eigenvalue weighted by Gasteiger charge is 2.47. The van der Waals surface area contributed by atoms with E-state index in [1.165, 1.54) is 16.3 Å². The van der Waals surface area contributed by atoms with Crippen LogP contribution in [0.5, 0.6) is 0 Å². The van der Waals surface area contributed by atoms with Crippen molar-refractivity contribution in [2.45, 2.75) is 80.9 Å². The van der Waals surface area contributed by atoms with Crippen LogP contribution in [-0.4, -0.2) is 70.9 Å². The van der Waals surface area contributed by atoms with E-state index in [-0.39, 0.29) is 16.8 Å². The van der Waals surface area contributed by atoms with Crippen molar-refractivity contribution in [3.05, 3.63) is 93.5 Å². The minimum absolute atomic E-state index is 0.0126. The monoisotopic (exact) mass is 765 g/mol. The van der Waals surface area contributed by atoms with Crippen molar-refractivity contribution in [2.24, 2.45) is 0 Å². The molecular formula is C36H37Cl2F4N5O3S. The molecule has 15 heteroatoms. The zero-order chi connectivity index (χ0) is 36.3. The lowest BCUT2D eigenvalue weighted by Gasteiger charge is -2.45. The van der Waals surface area contributed by atoms with E-state index in [2.05, 4.69) is 34.6 Å². The van der Waals surface area contributed by atoms with Crippen LogP contribution in [-0.2, 0) is 15.4 Å². The van der Waals surface area contributed by atoms with E-state index in [0.717, 1.165) is 67.7 Å². The molecule has 8 nitrogen and oxygen atoms in total. The number of hydrogen-bond donors (Lipinski definition) is 1. The smallest absolute Gasteiger partial charge is 0.339 e. The van der Waals surface area contributed by atoms with Crippen LogP contribution in [0, 0.1) is 12.7 Å². The minimum atomic E-state index is -5.78. The third-order valence-electron chi connectivity index (χ3n) is 11.1. The number of likely N-dealkylation sites (tertiary alicyclic amines) is 1. The predicted octanol–water partition coefficient (Wildman–Crippen LogP) is 8.48. The van der Waals surface area contributed by atoms with Crippen LogP contribution in [0.3, 0.4) is 0 Å². The summed E-state index contributed by atoms with van der Waals surface area (Å²) in [6.45, 7) is 3.61. The molecule has 4 heterocycles. The van der Waals surface area contributed by atoms with Gasteiger partial charge in [-0.25, -0.2) is 9.37 Å². The number of para-hydroxylation sites is 2. The molecular weight excluding hydrogens is 729 g/mol. The Kier molecular flexibility index (Phi) is 9.56. The molecule has 0 saturated carbocycles. The number of rotatable bonds is 8. The van der Waals surface area contributed by atoms with Crippen LogP contribution in [0.25, 0.3) is 11.0 Å². The summed E-state index contributed by atoms with van der Waals surface area (Å²) in [4.78, 5) is 22.7. The number of sulfonamides is 1. The highest BCUT2D eigenvalue weighted by atomic mass is 35.5. The maximum Gasteiger partial charge on any atom is 0.516 e. The first kappa shape index (κ1) is 36.0. The van der Waals surface area contributed by atoms with Crippen LogP contribution in [0.2, 0.25) is 10.0 Å². The summed E-state index contributed by atoms with van der Waals surface area (Å²) in [6, 6.07) is 18.4. The van der Waals surface area contributed by atoms with E-state index in [0.29, 0.717) is 44.1 Å². The Labute approximate surface area is 303 Å². The van der Waals surface area contributed by atoms with Crippen molar-refractivity contribution in [3.63, 3.8) is 0 Å². The number of amides is 1. The Morgan fingerprint density at radius 1 is 0.961 bits per heavy atom. The molecule has 1 amide bonds. The SMILES string of the molecule is Cc1nc2ccccc2n1[C@H]1C[C@H]2CC[C@@H](C1)N2CCC1(c2cccc(F)c2)CCN(C(=O)c2cc(Cl)c(NS(=O)(=O)C(F)(F)F)c(Cl)c2)CC1. The highest BCUT2D eigenvalue weighted by Crippen LogP contribution is 2.45. The van der Waals surface area contributed by atoms with E-state index in [1.807, 2.05) is 12.1 Å². The predicted molar refractivity (Wildman–Crippen MR) is 189 cm³/mol. The molecule has 0 spiro atoms. The lowest BCUT2D eigenvalue weighted by Crippen LogP contribution is -2.49. The van der Waals surface area contributed by atoms with Gasteiger partial charge in [-0.3, -0.25) is 14.4 Å². The second-order valence-electron chi connectivity index (χ2n) is 14.0. The van der Waals surface area contributed by atoms with Gasteiger partial charge in [-0.05, 0) is 106 Å². The fourth-order valence-electron chi connectivity index (χ4n) is 8.60. The molecule has 3 aliphatic heterocycles. The van der Waals surface area contributed by atoms with E-state index < -0.39 is 37.2 Å². The van der Waals surface area contributed by atoms with Gasteiger partial charge in [-0.15, -0.1) is 0 Å². The maximum absolute atomic E-state index is 14.6. The zero-order valence-corrected chi connectivity index (χ0v) is 30.1. The van der Waals surface area contributed by atoms with Gasteiger partial charge in [0.15, 0.2) is 0 Å². The molecule has 3 aliphatic rings. The van der Waals surface area contributed by atoms with Gasteiger partial charge < -0.3 is 9.47 Å². The van der Waals surface area contributed by atoms with Crippen LogP contribution in [0.1, 0.15) is 72.7 Å². The summed E-state index contributed by atoms with van der Waals surface area (Å²) in [5.74, 6) is 0.269. The summed E-state index contributed by atoms with van der Waals surface area (Å²) in [5, 5.41) is -0.890. The maximum atomic E-state index is 14.6. The molecule has 51 heavy (non-hydrogen) atoms. The van der Waals surface area contributed by atoms with Gasteiger partial charge in [0.1, 0.15) is 11.6 Å². The van der Waals surface area contributed by atoms with Crippen LogP contribution in [0.15, 0.2) is 60.7 Å². The number of benzene rings is 3. The van der Waals surface area contributed by atoms with Gasteiger partial charge in [0, 0.05) is 36.8 Å². The summed E-state index contributed by atoms with van der Waals surface area (Å²) >= 11 is 12.3. The topological polar surface area (TPSA) is 87.5 Å². The number of aromatic nitrogens is 2. The largest absolute Gasteiger partial charge is 0.516 e. The Balaban J connectivity index is 1.06. The van der Waals surface area contributed by atoms with Gasteiger partial charge in [0.05, 0.1) is 26.8 Å². The fraction of sp³-hybridized carbons (Fsp3) is 0.444. The summed E-state index contributed by atoms with van der Waals surface area (Å²) in [6.07, 6.45) is 6.25. The number of nitrogens with one attached hydrogen (secondary N) is 1. The van der Waals surface area contributed by atoms with Crippen molar-refractivity contribution < 1.29 is 30.8 Å². The summed E-state index contributed by atoms with van der Waals surface area (Å²) < 4.78 is 80.5. The molecule has 4 aromatic rings. The molecule has 2 bridgehead atoms. The molecule has 7 rings (SSSR count). The van der Waals surface area contributed by atoms with Gasteiger partial charge in [0.25, 0.3) is 5.91 Å². The van der Waals surface area contributed by atoms with Gasteiger partial charge in [-0.2, -0.15) is 21.6 Å². The Bertz CT molecular complexity index is 2050. The Morgan fingerprint density at radius 3 is 2.24 bits per heavy atom. The minimum Gasteiger partial charge on any atom is -0.339 e. The second-order valence-corrected chi connectivity index (χ2v) is 16.5. The average molecular weight is 767 g/mol. The molecule has 3 saturated heterocycles. The molecule has 3 atom stereocenters. The molecule has 0 unspecified atom stereocenters. The number of halogens is 6. The Hall–Kier alpha value is -3.39. The zero-order valence-electron chi connectivity index (χ0n) is 27.8. The standard InChI is InChI=1S/C36H37Cl2F4N5O3S/c1-22-43-31-7-2-3-8-32(31)47(22)28-20-26-9-10-27(21-28)46(26)16-13-35(24-5-4-6-25(39)19-24)11-14-45(15-12-35)34(48)23-17-29(37)33(30(38)18-23)44-51(49,50)36(40,41)42/h2-8,17-19,26-28,44H,9-16,20-21H2,1H3/t26-,27+,28+. The number of imidazole rings is 1. The van der Waals surface area contributed by atoms with Crippen molar-refractivity contribution >= 4 is 55.9 Å². The van der Waals surface area contributed by atoms with E-state index in [1.54, 1.807) is 17.0 Å². The first-order valence-electron chi connectivity index (χ1n) is 17.0. The quantitative estimate of drug-likeness (QED) is 0.182. The van der Waals surface area contributed by atoms with Gasteiger partial charge >= 0.3 is 15.5 Å². The molecule has 0 radical (unpaired) electrons.